The van der Waals surface area contributed by atoms with Crippen LogP contribution >= 0.6 is 11.3 Å². The van der Waals surface area contributed by atoms with Crippen molar-refractivity contribution in [1.82, 2.24) is 4.98 Å². The van der Waals surface area contributed by atoms with E-state index in [2.05, 4.69) is 50.1 Å². The first-order chi connectivity index (χ1) is 6.66. The molecule has 0 spiro atoms. The molecule has 0 aromatic carbocycles. The largest absolute Gasteiger partial charge is 1.00 e. The second kappa shape index (κ2) is 5.07. The molecule has 1 aliphatic carbocycles. The van der Waals surface area contributed by atoms with Gasteiger partial charge in [-0.15, -0.1) is 23.5 Å². The summed E-state index contributed by atoms with van der Waals surface area (Å²) >= 11 is 1.80. The second-order valence-electron chi connectivity index (χ2n) is 3.87. The summed E-state index contributed by atoms with van der Waals surface area (Å²) in [4.78, 5) is 5.89. The molecular formula is C12H14LiNS. The zero-order valence-electron chi connectivity index (χ0n) is 9.74. The zero-order chi connectivity index (χ0) is 10.1. The van der Waals surface area contributed by atoms with Gasteiger partial charge in [0.2, 0.25) is 0 Å². The van der Waals surface area contributed by atoms with Gasteiger partial charge in [0.15, 0.2) is 0 Å². The Kier molecular flexibility index (Phi) is 4.28. The first-order valence-corrected chi connectivity index (χ1v) is 5.69. The van der Waals surface area contributed by atoms with Gasteiger partial charge in [-0.3, -0.25) is 4.98 Å². The minimum absolute atomic E-state index is 0. The first-order valence-electron chi connectivity index (χ1n) is 4.87. The number of fused-ring (bicyclic) bond motifs is 1. The maximum atomic E-state index is 4.61. The quantitative estimate of drug-likeness (QED) is 0.497. The Hall–Kier alpha value is -0.423. The van der Waals surface area contributed by atoms with E-state index >= 15 is 0 Å². The third-order valence-corrected chi connectivity index (χ3v) is 3.53. The van der Waals surface area contributed by atoms with E-state index in [4.69, 9.17) is 0 Å². The van der Waals surface area contributed by atoms with Gasteiger partial charge in [-0.2, -0.15) is 18.1 Å². The number of hydrogen-bond donors (Lipinski definition) is 0. The van der Waals surface area contributed by atoms with Gasteiger partial charge in [0.25, 0.3) is 0 Å². The zero-order valence-corrected chi connectivity index (χ0v) is 10.6. The van der Waals surface area contributed by atoms with Crippen LogP contribution in [0.3, 0.4) is 0 Å². The van der Waals surface area contributed by atoms with Crippen LogP contribution < -0.4 is 18.9 Å². The Balaban J connectivity index is 0.00000112. The average Bonchev–Trinajstić information content (AvgIpc) is 2.48. The molecule has 0 N–H and O–H groups in total. The van der Waals surface area contributed by atoms with E-state index in [-0.39, 0.29) is 18.9 Å². The molecule has 0 radical (unpaired) electrons. The van der Waals surface area contributed by atoms with Gasteiger partial charge in [-0.1, -0.05) is 20.8 Å². The van der Waals surface area contributed by atoms with Crippen LogP contribution in [0.5, 0.6) is 0 Å². The average molecular weight is 211 g/mol. The van der Waals surface area contributed by atoms with Crippen LogP contribution in [0.15, 0.2) is 12.2 Å². The fourth-order valence-electron chi connectivity index (χ4n) is 1.32. The fraction of sp³-hybridized carbons (Fsp3) is 0.333. The molecule has 1 aromatic heterocycles. The SMILES string of the molecule is C[C-]1C=Cc2nc(C(C)C)sc2C=C1.[Li+]. The van der Waals surface area contributed by atoms with E-state index in [9.17, 15) is 0 Å². The molecule has 0 saturated heterocycles. The number of hydrogen-bond acceptors (Lipinski definition) is 2. The van der Waals surface area contributed by atoms with Crippen LogP contribution in [0.2, 0.25) is 0 Å². The standard InChI is InChI=1S/C12H14NS.Li/c1-8(2)12-13-10-6-4-9(3)5-7-11(10)14-12;/h4-8H,1-3H3;/q-1;+1. The first kappa shape index (κ1) is 12.6. The number of allylic oxidation sites excluding steroid dienone is 2. The molecule has 0 fully saturated rings. The van der Waals surface area contributed by atoms with Gasteiger partial charge in [-0.25, -0.2) is 0 Å². The van der Waals surface area contributed by atoms with E-state index in [1.807, 2.05) is 0 Å². The molecule has 74 valence electrons. The molecule has 0 amide bonds. The molecule has 0 unspecified atom stereocenters. The Morgan fingerprint density at radius 2 is 1.93 bits per heavy atom. The maximum Gasteiger partial charge on any atom is 1.00 e. The van der Waals surface area contributed by atoms with E-state index in [0.29, 0.717) is 5.92 Å². The summed E-state index contributed by atoms with van der Waals surface area (Å²) in [7, 11) is 0. The molecular weight excluding hydrogens is 197 g/mol. The van der Waals surface area contributed by atoms with Crippen LogP contribution in [0.4, 0.5) is 0 Å². The smallest absolute Gasteiger partial charge is 0.255 e. The number of nitrogens with zero attached hydrogens (tertiary/aromatic N) is 1. The second-order valence-corrected chi connectivity index (χ2v) is 4.93. The van der Waals surface area contributed by atoms with Crippen LogP contribution in [0, 0.1) is 5.92 Å². The third kappa shape index (κ3) is 2.78. The van der Waals surface area contributed by atoms with Crippen molar-refractivity contribution in [1.29, 1.82) is 0 Å². The van der Waals surface area contributed by atoms with Crippen LogP contribution in [0.1, 0.15) is 42.3 Å². The van der Waals surface area contributed by atoms with Gasteiger partial charge in [0.05, 0.1) is 5.01 Å². The van der Waals surface area contributed by atoms with Crippen molar-refractivity contribution in [3.63, 3.8) is 0 Å². The van der Waals surface area contributed by atoms with Crippen LogP contribution in [-0.2, 0) is 0 Å². The predicted molar refractivity (Wildman–Crippen MR) is 63.2 cm³/mol. The van der Waals surface area contributed by atoms with Crippen LogP contribution in [0.25, 0.3) is 12.2 Å². The van der Waals surface area contributed by atoms with E-state index in [1.165, 1.54) is 15.8 Å². The molecule has 1 aliphatic rings. The summed E-state index contributed by atoms with van der Waals surface area (Å²) in [5.74, 6) is 1.81. The molecule has 3 heteroatoms. The van der Waals surface area contributed by atoms with Crippen molar-refractivity contribution in [2.24, 2.45) is 0 Å². The van der Waals surface area contributed by atoms with Crippen molar-refractivity contribution in [3.8, 4) is 0 Å². The molecule has 0 saturated carbocycles. The summed E-state index contributed by atoms with van der Waals surface area (Å²) in [5.41, 5.74) is 1.12. The molecule has 15 heavy (non-hydrogen) atoms. The van der Waals surface area contributed by atoms with Crippen LogP contribution in [-0.4, -0.2) is 4.98 Å². The summed E-state index contributed by atoms with van der Waals surface area (Å²) in [6, 6.07) is 0. The minimum Gasteiger partial charge on any atom is -0.255 e. The van der Waals surface area contributed by atoms with E-state index in [1.54, 1.807) is 11.3 Å². The molecule has 0 aliphatic heterocycles. The van der Waals surface area contributed by atoms with Gasteiger partial charge in [-0.05, 0) is 4.88 Å². The fourth-order valence-corrected chi connectivity index (χ4v) is 2.28. The topological polar surface area (TPSA) is 12.9 Å². The molecule has 2 rings (SSSR count). The molecule has 1 aromatic rings. The normalized spacial score (nSPS) is 13.7. The maximum absolute atomic E-state index is 4.61. The Bertz CT molecular complexity index is 359. The van der Waals surface area contributed by atoms with Crippen molar-refractivity contribution in [3.05, 3.63) is 33.6 Å². The van der Waals surface area contributed by atoms with Gasteiger partial charge in [0, 0.05) is 11.6 Å². The summed E-state index contributed by atoms with van der Waals surface area (Å²) < 4.78 is 0. The summed E-state index contributed by atoms with van der Waals surface area (Å²) in [6.07, 6.45) is 8.53. The van der Waals surface area contributed by atoms with E-state index in [0.717, 1.165) is 5.69 Å². The monoisotopic (exact) mass is 211 g/mol. The Morgan fingerprint density at radius 3 is 2.60 bits per heavy atom. The molecule has 1 nitrogen and oxygen atoms in total. The van der Waals surface area contributed by atoms with Gasteiger partial charge in [0.1, 0.15) is 0 Å². The van der Waals surface area contributed by atoms with Crippen molar-refractivity contribution >= 4 is 23.5 Å². The van der Waals surface area contributed by atoms with Crippen molar-refractivity contribution in [2.75, 3.05) is 0 Å². The summed E-state index contributed by atoms with van der Waals surface area (Å²) in [6.45, 7) is 6.47. The molecule has 0 bridgehead atoms. The minimum atomic E-state index is 0. The number of rotatable bonds is 1. The van der Waals surface area contributed by atoms with Crippen molar-refractivity contribution < 1.29 is 18.9 Å². The molecule has 1 heterocycles. The third-order valence-electron chi connectivity index (χ3n) is 2.19. The number of aromatic nitrogens is 1. The Labute approximate surface area is 107 Å². The van der Waals surface area contributed by atoms with Gasteiger partial charge >= 0.3 is 18.9 Å². The number of thiazole rings is 1. The molecule has 0 atom stereocenters. The van der Waals surface area contributed by atoms with Crippen molar-refractivity contribution in [2.45, 2.75) is 26.7 Å². The Morgan fingerprint density at radius 1 is 1.27 bits per heavy atom. The predicted octanol–water partition coefficient (Wildman–Crippen LogP) is 0.905. The summed E-state index contributed by atoms with van der Waals surface area (Å²) in [5, 5.41) is 1.23. The van der Waals surface area contributed by atoms with Gasteiger partial charge < -0.3 is 0 Å². The van der Waals surface area contributed by atoms with E-state index < -0.39 is 0 Å².